The fraction of sp³-hybridized carbons (Fsp3) is 0.167. The number of methoxy groups -OCH3 is 1. The molecule has 1 aliphatic rings. The second-order valence-electron chi connectivity index (χ2n) is 7.28. The maximum atomic E-state index is 13.0. The number of aryl methyl sites for hydroxylation is 1. The van der Waals surface area contributed by atoms with Crippen LogP contribution in [0.15, 0.2) is 70.9 Å². The third-order valence-electron chi connectivity index (χ3n) is 5.32. The number of hydrogen-bond acceptors (Lipinski definition) is 6. The van der Waals surface area contributed by atoms with Crippen molar-refractivity contribution in [3.05, 3.63) is 88.9 Å². The Morgan fingerprint density at radius 3 is 2.48 bits per heavy atom. The molecule has 1 saturated heterocycles. The van der Waals surface area contributed by atoms with Crippen molar-refractivity contribution >= 4 is 17.4 Å². The SMILES string of the molecule is COc1ccc(/C(O)=C2/C(=O)C(=O)N(Cc3ccco3)C2c2ccc(O)cc2)cc1C. The summed E-state index contributed by atoms with van der Waals surface area (Å²) < 4.78 is 10.6. The molecule has 1 atom stereocenters. The Hall–Kier alpha value is -4.00. The van der Waals surface area contributed by atoms with Crippen LogP contribution in [-0.4, -0.2) is 33.9 Å². The second-order valence-corrected chi connectivity index (χ2v) is 7.28. The van der Waals surface area contributed by atoms with Crippen LogP contribution < -0.4 is 4.74 Å². The van der Waals surface area contributed by atoms with E-state index in [-0.39, 0.29) is 23.6 Å². The summed E-state index contributed by atoms with van der Waals surface area (Å²) in [5.41, 5.74) is 1.73. The highest BCUT2D eigenvalue weighted by molar-refractivity contribution is 6.46. The number of aromatic hydroxyl groups is 1. The number of hydrogen-bond donors (Lipinski definition) is 2. The summed E-state index contributed by atoms with van der Waals surface area (Å²) in [5.74, 6) is -0.589. The van der Waals surface area contributed by atoms with E-state index >= 15 is 0 Å². The molecule has 158 valence electrons. The number of ether oxygens (including phenoxy) is 1. The van der Waals surface area contributed by atoms with Gasteiger partial charge in [-0.15, -0.1) is 0 Å². The third kappa shape index (κ3) is 3.66. The zero-order chi connectivity index (χ0) is 22.1. The number of aliphatic hydroxyl groups excluding tert-OH is 1. The number of furan rings is 1. The van der Waals surface area contributed by atoms with Crippen LogP contribution in [0.3, 0.4) is 0 Å². The largest absolute Gasteiger partial charge is 0.508 e. The molecule has 1 amide bonds. The molecule has 31 heavy (non-hydrogen) atoms. The van der Waals surface area contributed by atoms with Gasteiger partial charge in [0, 0.05) is 5.56 Å². The smallest absolute Gasteiger partial charge is 0.296 e. The van der Waals surface area contributed by atoms with E-state index in [2.05, 4.69) is 0 Å². The molecule has 1 aliphatic heterocycles. The first-order valence-electron chi connectivity index (χ1n) is 9.65. The lowest BCUT2D eigenvalue weighted by molar-refractivity contribution is -0.140. The molecule has 0 spiro atoms. The number of carbonyl (C=O) groups excluding carboxylic acids is 2. The molecule has 0 saturated carbocycles. The highest BCUT2D eigenvalue weighted by Crippen LogP contribution is 2.41. The van der Waals surface area contributed by atoms with Crippen LogP contribution in [-0.2, 0) is 16.1 Å². The normalized spacial score (nSPS) is 17.9. The van der Waals surface area contributed by atoms with Crippen LogP contribution in [0.1, 0.15) is 28.5 Å². The Morgan fingerprint density at radius 2 is 1.87 bits per heavy atom. The Bertz CT molecular complexity index is 1160. The zero-order valence-corrected chi connectivity index (χ0v) is 17.0. The molecule has 7 heteroatoms. The minimum atomic E-state index is -0.840. The Morgan fingerprint density at radius 1 is 1.13 bits per heavy atom. The summed E-state index contributed by atoms with van der Waals surface area (Å²) in [6, 6.07) is 13.8. The van der Waals surface area contributed by atoms with Gasteiger partial charge in [-0.05, 0) is 60.5 Å². The summed E-state index contributed by atoms with van der Waals surface area (Å²) >= 11 is 0. The van der Waals surface area contributed by atoms with E-state index in [1.807, 2.05) is 6.92 Å². The molecule has 4 rings (SSSR count). The van der Waals surface area contributed by atoms with Gasteiger partial charge in [0.1, 0.15) is 23.0 Å². The van der Waals surface area contributed by atoms with Crippen LogP contribution in [0.2, 0.25) is 0 Å². The van der Waals surface area contributed by atoms with Crippen molar-refractivity contribution in [2.24, 2.45) is 0 Å². The first kappa shape index (κ1) is 20.3. The molecule has 1 fully saturated rings. The summed E-state index contributed by atoms with van der Waals surface area (Å²) in [7, 11) is 1.55. The summed E-state index contributed by atoms with van der Waals surface area (Å²) in [4.78, 5) is 27.3. The number of phenols is 1. The Labute approximate surface area is 178 Å². The van der Waals surface area contributed by atoms with Crippen molar-refractivity contribution in [1.82, 2.24) is 4.90 Å². The molecular formula is C24H21NO6. The van der Waals surface area contributed by atoms with Crippen molar-refractivity contribution < 1.29 is 29.0 Å². The van der Waals surface area contributed by atoms with Gasteiger partial charge in [-0.3, -0.25) is 9.59 Å². The van der Waals surface area contributed by atoms with E-state index < -0.39 is 17.7 Å². The molecule has 0 bridgehead atoms. The first-order chi connectivity index (χ1) is 14.9. The van der Waals surface area contributed by atoms with Gasteiger partial charge in [0.25, 0.3) is 11.7 Å². The quantitative estimate of drug-likeness (QED) is 0.369. The molecule has 1 aromatic heterocycles. The highest BCUT2D eigenvalue weighted by atomic mass is 16.5. The summed E-state index contributed by atoms with van der Waals surface area (Å²) in [6.45, 7) is 1.88. The van der Waals surface area contributed by atoms with Gasteiger partial charge in [0.15, 0.2) is 0 Å². The van der Waals surface area contributed by atoms with E-state index in [4.69, 9.17) is 9.15 Å². The van der Waals surface area contributed by atoms with Crippen LogP contribution >= 0.6 is 0 Å². The van der Waals surface area contributed by atoms with Gasteiger partial charge in [-0.1, -0.05) is 12.1 Å². The van der Waals surface area contributed by atoms with Gasteiger partial charge >= 0.3 is 0 Å². The number of likely N-dealkylation sites (tertiary alicyclic amines) is 1. The standard InChI is InChI=1S/C24H21NO6/c1-14-12-16(7-10-19(14)30-2)22(27)20-21(15-5-8-17(26)9-6-15)25(24(29)23(20)28)13-18-4-3-11-31-18/h3-12,21,26-27H,13H2,1-2H3/b22-20-. The van der Waals surface area contributed by atoms with E-state index in [1.165, 1.54) is 23.3 Å². The fourth-order valence-electron chi connectivity index (χ4n) is 3.80. The van der Waals surface area contributed by atoms with Crippen molar-refractivity contribution in [3.63, 3.8) is 0 Å². The van der Waals surface area contributed by atoms with Gasteiger partial charge in [-0.2, -0.15) is 0 Å². The first-order valence-corrected chi connectivity index (χ1v) is 9.65. The molecule has 2 heterocycles. The summed E-state index contributed by atoms with van der Waals surface area (Å²) in [6.07, 6.45) is 1.49. The third-order valence-corrected chi connectivity index (χ3v) is 5.32. The number of aliphatic hydroxyl groups is 1. The van der Waals surface area contributed by atoms with Crippen molar-refractivity contribution in [2.75, 3.05) is 7.11 Å². The van der Waals surface area contributed by atoms with Gasteiger partial charge in [0.05, 0.1) is 31.5 Å². The van der Waals surface area contributed by atoms with Crippen LogP contribution in [0.25, 0.3) is 5.76 Å². The molecule has 1 unspecified atom stereocenters. The molecule has 0 aliphatic carbocycles. The maximum absolute atomic E-state index is 13.0. The van der Waals surface area contributed by atoms with Crippen molar-refractivity contribution in [3.8, 4) is 11.5 Å². The number of Topliss-reactive ketones (excluding diaryl/α,β-unsaturated/α-hetero) is 1. The number of ketones is 1. The van der Waals surface area contributed by atoms with Crippen LogP contribution in [0.4, 0.5) is 0 Å². The average Bonchev–Trinajstić information content (AvgIpc) is 3.36. The molecule has 0 radical (unpaired) electrons. The van der Waals surface area contributed by atoms with Crippen molar-refractivity contribution in [1.29, 1.82) is 0 Å². The van der Waals surface area contributed by atoms with E-state index in [0.717, 1.165) is 5.56 Å². The lowest BCUT2D eigenvalue weighted by Gasteiger charge is -2.24. The average molecular weight is 419 g/mol. The summed E-state index contributed by atoms with van der Waals surface area (Å²) in [5, 5.41) is 20.8. The number of nitrogens with zero attached hydrogens (tertiary/aromatic N) is 1. The topological polar surface area (TPSA) is 100 Å². The van der Waals surface area contributed by atoms with E-state index in [9.17, 15) is 19.8 Å². The number of rotatable bonds is 5. The molecule has 2 aromatic carbocycles. The van der Waals surface area contributed by atoms with Crippen LogP contribution in [0, 0.1) is 6.92 Å². The molecule has 2 N–H and O–H groups in total. The molecular weight excluding hydrogens is 398 g/mol. The lowest BCUT2D eigenvalue weighted by Crippen LogP contribution is -2.29. The zero-order valence-electron chi connectivity index (χ0n) is 17.0. The fourth-order valence-corrected chi connectivity index (χ4v) is 3.80. The Kier molecular flexibility index (Phi) is 5.25. The highest BCUT2D eigenvalue weighted by Gasteiger charge is 2.46. The Balaban J connectivity index is 1.86. The number of carbonyl (C=O) groups is 2. The van der Waals surface area contributed by atoms with E-state index in [0.29, 0.717) is 22.6 Å². The predicted octanol–water partition coefficient (Wildman–Crippen LogP) is 3.92. The van der Waals surface area contributed by atoms with Gasteiger partial charge in [-0.25, -0.2) is 0 Å². The monoisotopic (exact) mass is 419 g/mol. The van der Waals surface area contributed by atoms with Gasteiger partial charge < -0.3 is 24.3 Å². The minimum Gasteiger partial charge on any atom is -0.508 e. The minimum absolute atomic E-state index is 0.0215. The molecule has 7 nitrogen and oxygen atoms in total. The predicted molar refractivity (Wildman–Crippen MR) is 112 cm³/mol. The maximum Gasteiger partial charge on any atom is 0.296 e. The van der Waals surface area contributed by atoms with Crippen LogP contribution in [0.5, 0.6) is 11.5 Å². The molecule has 3 aromatic rings. The van der Waals surface area contributed by atoms with Crippen molar-refractivity contribution in [2.45, 2.75) is 19.5 Å². The number of amides is 1. The number of phenolic OH excluding ortho intramolecular Hbond substituents is 1. The van der Waals surface area contributed by atoms with E-state index in [1.54, 1.807) is 49.6 Å². The number of benzene rings is 2. The second kappa shape index (κ2) is 8.02. The lowest BCUT2D eigenvalue weighted by atomic mass is 9.94. The van der Waals surface area contributed by atoms with Gasteiger partial charge in [0.2, 0.25) is 0 Å².